The molecule has 0 aliphatic carbocycles. The lowest BCUT2D eigenvalue weighted by molar-refractivity contribution is 0.529. The van der Waals surface area contributed by atoms with E-state index in [0.29, 0.717) is 5.82 Å². The Morgan fingerprint density at radius 1 is 1.37 bits per heavy atom. The zero-order chi connectivity index (χ0) is 13.7. The van der Waals surface area contributed by atoms with Crippen molar-refractivity contribution in [3.8, 4) is 0 Å². The number of nitrogens with two attached hydrogens (primary N) is 1. The molecule has 5 nitrogen and oxygen atoms in total. The third-order valence-electron chi connectivity index (χ3n) is 3.69. The van der Waals surface area contributed by atoms with Gasteiger partial charge in [-0.05, 0) is 25.2 Å². The second-order valence-electron chi connectivity index (χ2n) is 5.31. The van der Waals surface area contributed by atoms with E-state index >= 15 is 0 Å². The topological polar surface area (TPSA) is 67.1 Å². The van der Waals surface area contributed by atoms with Crippen molar-refractivity contribution < 1.29 is 0 Å². The van der Waals surface area contributed by atoms with Crippen LogP contribution in [0.3, 0.4) is 0 Å². The Kier molecular flexibility index (Phi) is 4.96. The summed E-state index contributed by atoms with van der Waals surface area (Å²) in [7, 11) is 0. The molecule has 1 saturated heterocycles. The molecule has 0 spiro atoms. The molecule has 0 saturated carbocycles. The van der Waals surface area contributed by atoms with E-state index in [-0.39, 0.29) is 0 Å². The summed E-state index contributed by atoms with van der Waals surface area (Å²) < 4.78 is 0. The van der Waals surface area contributed by atoms with Crippen LogP contribution in [-0.4, -0.2) is 23.1 Å². The molecule has 19 heavy (non-hydrogen) atoms. The molecule has 0 amide bonds. The Morgan fingerprint density at radius 3 is 2.89 bits per heavy atom. The van der Waals surface area contributed by atoms with Gasteiger partial charge in [0.15, 0.2) is 0 Å². The molecule has 1 aliphatic rings. The fraction of sp³-hybridized carbons (Fsp3) is 0.714. The van der Waals surface area contributed by atoms with Crippen molar-refractivity contribution in [2.45, 2.75) is 46.0 Å². The minimum Gasteiger partial charge on any atom is -0.356 e. The number of rotatable bonds is 6. The van der Waals surface area contributed by atoms with Crippen LogP contribution >= 0.6 is 0 Å². The maximum atomic E-state index is 5.50. The Hall–Kier alpha value is -1.36. The van der Waals surface area contributed by atoms with Gasteiger partial charge in [0.25, 0.3) is 0 Å². The van der Waals surface area contributed by atoms with Crippen LogP contribution in [0.4, 0.5) is 11.6 Å². The molecule has 1 aliphatic heterocycles. The highest BCUT2D eigenvalue weighted by Gasteiger charge is 2.23. The van der Waals surface area contributed by atoms with E-state index in [1.165, 1.54) is 19.3 Å². The van der Waals surface area contributed by atoms with Crippen molar-refractivity contribution in [1.82, 2.24) is 9.97 Å². The fourth-order valence-corrected chi connectivity index (χ4v) is 2.74. The lowest BCUT2D eigenvalue weighted by Crippen LogP contribution is -2.22. The Bertz CT molecular complexity index is 407. The molecule has 0 bridgehead atoms. The Balaban J connectivity index is 2.12. The van der Waals surface area contributed by atoms with E-state index in [2.05, 4.69) is 34.1 Å². The smallest absolute Gasteiger partial charge is 0.145 e. The maximum absolute atomic E-state index is 5.50. The first-order chi connectivity index (χ1) is 9.26. The molecule has 0 radical (unpaired) electrons. The van der Waals surface area contributed by atoms with Crippen LogP contribution in [0.1, 0.15) is 45.4 Å². The van der Waals surface area contributed by atoms with Crippen molar-refractivity contribution >= 4 is 11.6 Å². The average molecular weight is 263 g/mol. The van der Waals surface area contributed by atoms with Gasteiger partial charge in [-0.1, -0.05) is 20.3 Å². The third-order valence-corrected chi connectivity index (χ3v) is 3.69. The van der Waals surface area contributed by atoms with Crippen molar-refractivity contribution in [2.75, 3.05) is 23.4 Å². The second-order valence-corrected chi connectivity index (χ2v) is 5.31. The van der Waals surface area contributed by atoms with Crippen LogP contribution < -0.4 is 16.2 Å². The SMILES string of the molecule is CCCc1nc(NN)cc(N2CCC(CCC)C2)n1. The molecule has 106 valence electrons. The first kappa shape index (κ1) is 14.1. The molecule has 5 heteroatoms. The quantitative estimate of drug-likeness (QED) is 0.609. The molecule has 1 atom stereocenters. The number of anilines is 2. The van der Waals surface area contributed by atoms with Crippen LogP contribution in [0, 0.1) is 5.92 Å². The van der Waals surface area contributed by atoms with Gasteiger partial charge in [-0.3, -0.25) is 0 Å². The van der Waals surface area contributed by atoms with Gasteiger partial charge in [0, 0.05) is 25.6 Å². The molecular formula is C14H25N5. The number of nitrogens with zero attached hydrogens (tertiary/aromatic N) is 3. The standard InChI is InChI=1S/C14H25N5/c1-3-5-11-7-8-19(10-11)14-9-13(18-15)16-12(17-14)6-4-2/h9,11H,3-8,10,15H2,1-2H3,(H,16,17,18). The van der Waals surface area contributed by atoms with Crippen LogP contribution in [0.2, 0.25) is 0 Å². The van der Waals surface area contributed by atoms with E-state index in [4.69, 9.17) is 5.84 Å². The monoisotopic (exact) mass is 263 g/mol. The number of nitrogens with one attached hydrogen (secondary N) is 1. The van der Waals surface area contributed by atoms with Crippen molar-refractivity contribution in [3.63, 3.8) is 0 Å². The number of hydrogen-bond acceptors (Lipinski definition) is 5. The van der Waals surface area contributed by atoms with Gasteiger partial charge < -0.3 is 10.3 Å². The van der Waals surface area contributed by atoms with Crippen molar-refractivity contribution in [2.24, 2.45) is 11.8 Å². The minimum absolute atomic E-state index is 0.715. The minimum atomic E-state index is 0.715. The van der Waals surface area contributed by atoms with Crippen LogP contribution in [0.5, 0.6) is 0 Å². The summed E-state index contributed by atoms with van der Waals surface area (Å²) in [6.07, 6.45) is 5.79. The molecule has 1 aromatic rings. The van der Waals surface area contributed by atoms with E-state index in [9.17, 15) is 0 Å². The number of nitrogen functional groups attached to an aromatic ring is 1. The first-order valence-electron chi connectivity index (χ1n) is 7.36. The van der Waals surface area contributed by atoms with Gasteiger partial charge >= 0.3 is 0 Å². The predicted molar refractivity (Wildman–Crippen MR) is 79.1 cm³/mol. The highest BCUT2D eigenvalue weighted by atomic mass is 15.3. The summed E-state index contributed by atoms with van der Waals surface area (Å²) in [5.74, 6) is 8.92. The van der Waals surface area contributed by atoms with E-state index in [0.717, 1.165) is 43.5 Å². The first-order valence-corrected chi connectivity index (χ1v) is 7.36. The maximum Gasteiger partial charge on any atom is 0.145 e. The Morgan fingerprint density at radius 2 is 2.21 bits per heavy atom. The Labute approximate surface area is 115 Å². The summed E-state index contributed by atoms with van der Waals surface area (Å²) in [5, 5.41) is 0. The lowest BCUT2D eigenvalue weighted by atomic mass is 10.0. The fourth-order valence-electron chi connectivity index (χ4n) is 2.74. The van der Waals surface area contributed by atoms with Gasteiger partial charge in [0.1, 0.15) is 17.5 Å². The van der Waals surface area contributed by atoms with E-state index in [1.807, 2.05) is 6.07 Å². The summed E-state index contributed by atoms with van der Waals surface area (Å²) in [4.78, 5) is 11.4. The predicted octanol–water partition coefficient (Wildman–Crippen LogP) is 2.34. The zero-order valence-electron chi connectivity index (χ0n) is 12.0. The summed E-state index contributed by atoms with van der Waals surface area (Å²) in [6.45, 7) is 6.60. The van der Waals surface area contributed by atoms with Gasteiger partial charge in [-0.15, -0.1) is 0 Å². The molecule has 1 fully saturated rings. The number of aromatic nitrogens is 2. The van der Waals surface area contributed by atoms with Gasteiger partial charge in [-0.25, -0.2) is 15.8 Å². The summed E-state index contributed by atoms with van der Waals surface area (Å²) in [6, 6.07) is 1.95. The average Bonchev–Trinajstić information content (AvgIpc) is 2.88. The normalized spacial score (nSPS) is 18.9. The number of aryl methyl sites for hydroxylation is 1. The van der Waals surface area contributed by atoms with Gasteiger partial charge in [-0.2, -0.15) is 0 Å². The lowest BCUT2D eigenvalue weighted by Gasteiger charge is -2.19. The van der Waals surface area contributed by atoms with Crippen molar-refractivity contribution in [3.05, 3.63) is 11.9 Å². The molecule has 0 aromatic carbocycles. The molecule has 1 aromatic heterocycles. The largest absolute Gasteiger partial charge is 0.356 e. The molecule has 2 rings (SSSR count). The number of hydrogen-bond donors (Lipinski definition) is 2. The highest BCUT2D eigenvalue weighted by molar-refractivity contribution is 5.49. The third kappa shape index (κ3) is 3.56. The van der Waals surface area contributed by atoms with Crippen LogP contribution in [0.25, 0.3) is 0 Å². The van der Waals surface area contributed by atoms with Crippen LogP contribution in [0.15, 0.2) is 6.07 Å². The van der Waals surface area contributed by atoms with Gasteiger partial charge in [0.2, 0.25) is 0 Å². The van der Waals surface area contributed by atoms with E-state index < -0.39 is 0 Å². The zero-order valence-corrected chi connectivity index (χ0v) is 12.0. The molecule has 1 unspecified atom stereocenters. The summed E-state index contributed by atoms with van der Waals surface area (Å²) in [5.41, 5.74) is 2.65. The van der Waals surface area contributed by atoms with Crippen LogP contribution in [-0.2, 0) is 6.42 Å². The van der Waals surface area contributed by atoms with E-state index in [1.54, 1.807) is 0 Å². The molecular weight excluding hydrogens is 238 g/mol. The van der Waals surface area contributed by atoms with Gasteiger partial charge in [0.05, 0.1) is 0 Å². The summed E-state index contributed by atoms with van der Waals surface area (Å²) >= 11 is 0. The molecule has 2 heterocycles. The molecule has 3 N–H and O–H groups in total. The second kappa shape index (κ2) is 6.70. The van der Waals surface area contributed by atoms with Crippen molar-refractivity contribution in [1.29, 1.82) is 0 Å². The number of hydrazine groups is 1. The highest BCUT2D eigenvalue weighted by Crippen LogP contribution is 2.26.